The van der Waals surface area contributed by atoms with Crippen LogP contribution in [0.3, 0.4) is 0 Å². The quantitative estimate of drug-likeness (QED) is 0.423. The molecule has 152 valence electrons. The zero-order chi connectivity index (χ0) is 20.8. The van der Waals surface area contributed by atoms with Gasteiger partial charge < -0.3 is 5.32 Å². The molecule has 9 heteroatoms. The lowest BCUT2D eigenvalue weighted by atomic mass is 10.1. The average molecular weight is 437 g/mol. The summed E-state index contributed by atoms with van der Waals surface area (Å²) in [6.45, 7) is 2.52. The van der Waals surface area contributed by atoms with Crippen molar-refractivity contribution in [1.82, 2.24) is 30.0 Å². The van der Waals surface area contributed by atoms with Crippen molar-refractivity contribution < 1.29 is 4.79 Å². The summed E-state index contributed by atoms with van der Waals surface area (Å²) in [5.41, 5.74) is 4.15. The first-order chi connectivity index (χ1) is 14.7. The zero-order valence-electron chi connectivity index (χ0n) is 16.4. The molecule has 0 unspecified atom stereocenters. The van der Waals surface area contributed by atoms with Gasteiger partial charge >= 0.3 is 0 Å². The van der Waals surface area contributed by atoms with Crippen molar-refractivity contribution in [3.05, 3.63) is 71.1 Å². The number of carbonyl (C=O) groups excluding carboxylic acids is 1. The molecule has 0 aliphatic rings. The fourth-order valence-electron chi connectivity index (χ4n) is 2.94. The number of nitrogens with one attached hydrogen (secondary N) is 1. The number of pyridine rings is 1. The van der Waals surface area contributed by atoms with Crippen molar-refractivity contribution in [3.8, 4) is 16.9 Å². The number of benzene rings is 1. The lowest BCUT2D eigenvalue weighted by Gasteiger charge is -2.10. The van der Waals surface area contributed by atoms with E-state index in [0.717, 1.165) is 28.4 Å². The minimum absolute atomic E-state index is 0.0704. The first kappa shape index (κ1) is 20.2. The van der Waals surface area contributed by atoms with Crippen molar-refractivity contribution in [3.63, 3.8) is 0 Å². The summed E-state index contributed by atoms with van der Waals surface area (Å²) in [4.78, 5) is 20.9. The maximum atomic E-state index is 12.3. The minimum Gasteiger partial charge on any atom is -0.349 e. The Labute approximate surface area is 182 Å². The minimum atomic E-state index is -0.0704. The number of nitrogens with zero attached hydrogens (tertiary/aromatic N) is 5. The van der Waals surface area contributed by atoms with Crippen LogP contribution in [0.2, 0.25) is 0 Å². The van der Waals surface area contributed by atoms with Gasteiger partial charge in [-0.2, -0.15) is 0 Å². The van der Waals surface area contributed by atoms with Gasteiger partial charge in [-0.25, -0.2) is 4.98 Å². The topological polar surface area (TPSA) is 85.6 Å². The summed E-state index contributed by atoms with van der Waals surface area (Å²) in [7, 11) is 0. The lowest BCUT2D eigenvalue weighted by Crippen LogP contribution is -2.24. The summed E-state index contributed by atoms with van der Waals surface area (Å²) >= 11 is 2.89. The van der Waals surface area contributed by atoms with Crippen molar-refractivity contribution in [2.75, 3.05) is 5.75 Å². The molecular formula is C21H20N6OS2. The molecule has 4 rings (SSSR count). The molecule has 1 aromatic carbocycles. The highest BCUT2D eigenvalue weighted by atomic mass is 32.2. The Hall–Kier alpha value is -3.04. The van der Waals surface area contributed by atoms with E-state index in [1.165, 1.54) is 28.7 Å². The molecule has 0 fully saturated rings. The van der Waals surface area contributed by atoms with Gasteiger partial charge in [0, 0.05) is 23.3 Å². The number of thiazole rings is 1. The van der Waals surface area contributed by atoms with Crippen LogP contribution in [0, 0.1) is 0 Å². The monoisotopic (exact) mass is 436 g/mol. The van der Waals surface area contributed by atoms with Gasteiger partial charge in [-0.05, 0) is 30.2 Å². The van der Waals surface area contributed by atoms with Gasteiger partial charge in [0.25, 0.3) is 0 Å². The van der Waals surface area contributed by atoms with E-state index in [-0.39, 0.29) is 11.7 Å². The standard InChI is InChI=1S/C21H20N6OS2/c1-2-15-5-3-4-6-18(15)27-14-24-26-21(27)30-13-19(28)23-11-20-25-17(12-29-20)16-7-9-22-10-8-16/h3-10,12,14H,2,11,13H2,1H3,(H,23,28). The first-order valence-electron chi connectivity index (χ1n) is 9.47. The Balaban J connectivity index is 1.33. The summed E-state index contributed by atoms with van der Waals surface area (Å²) < 4.78 is 1.93. The third-order valence-corrected chi connectivity index (χ3v) is 6.24. The molecular weight excluding hydrogens is 416 g/mol. The van der Waals surface area contributed by atoms with E-state index in [1.807, 2.05) is 40.3 Å². The zero-order valence-corrected chi connectivity index (χ0v) is 18.0. The van der Waals surface area contributed by atoms with Crippen molar-refractivity contribution >= 4 is 29.0 Å². The van der Waals surface area contributed by atoms with E-state index >= 15 is 0 Å². The molecule has 4 aromatic rings. The van der Waals surface area contributed by atoms with E-state index in [2.05, 4.69) is 38.5 Å². The highest BCUT2D eigenvalue weighted by Gasteiger charge is 2.13. The Morgan fingerprint density at radius 1 is 1.20 bits per heavy atom. The molecule has 1 N–H and O–H groups in total. The molecule has 30 heavy (non-hydrogen) atoms. The van der Waals surface area contributed by atoms with Gasteiger partial charge in [0.2, 0.25) is 5.91 Å². The first-order valence-corrected chi connectivity index (χ1v) is 11.3. The Morgan fingerprint density at radius 2 is 2.03 bits per heavy atom. The van der Waals surface area contributed by atoms with Crippen molar-refractivity contribution in [1.29, 1.82) is 0 Å². The Kier molecular flexibility index (Phi) is 6.50. The van der Waals surface area contributed by atoms with Crippen molar-refractivity contribution in [2.45, 2.75) is 25.0 Å². The molecule has 3 heterocycles. The maximum Gasteiger partial charge on any atom is 0.230 e. The number of aryl methyl sites for hydroxylation is 1. The number of carbonyl (C=O) groups is 1. The third kappa shape index (κ3) is 4.74. The van der Waals surface area contributed by atoms with Crippen LogP contribution in [-0.2, 0) is 17.8 Å². The fourth-order valence-corrected chi connectivity index (χ4v) is 4.43. The number of aromatic nitrogens is 5. The van der Waals surface area contributed by atoms with Gasteiger partial charge in [0.05, 0.1) is 23.7 Å². The van der Waals surface area contributed by atoms with Crippen LogP contribution >= 0.6 is 23.1 Å². The predicted octanol–water partition coefficient (Wildman–Crippen LogP) is 3.76. The lowest BCUT2D eigenvalue weighted by molar-refractivity contribution is -0.118. The second-order valence-electron chi connectivity index (χ2n) is 6.39. The molecule has 3 aromatic heterocycles. The van der Waals surface area contributed by atoms with Gasteiger partial charge in [0.1, 0.15) is 11.3 Å². The largest absolute Gasteiger partial charge is 0.349 e. The molecule has 0 radical (unpaired) electrons. The summed E-state index contributed by atoms with van der Waals surface area (Å²) in [5, 5.41) is 14.7. The van der Waals surface area contributed by atoms with E-state index < -0.39 is 0 Å². The smallest absolute Gasteiger partial charge is 0.230 e. The van der Waals surface area contributed by atoms with Gasteiger partial charge in [-0.15, -0.1) is 21.5 Å². The van der Waals surface area contributed by atoms with Crippen LogP contribution < -0.4 is 5.32 Å². The summed E-state index contributed by atoms with van der Waals surface area (Å²) in [6, 6.07) is 12.0. The van der Waals surface area contributed by atoms with Crippen LogP contribution in [0.25, 0.3) is 16.9 Å². The van der Waals surface area contributed by atoms with E-state index in [1.54, 1.807) is 18.7 Å². The summed E-state index contributed by atoms with van der Waals surface area (Å²) in [5.74, 6) is 0.189. The molecule has 1 amide bonds. The normalized spacial score (nSPS) is 10.8. The number of hydrogen-bond donors (Lipinski definition) is 1. The molecule has 0 atom stereocenters. The maximum absolute atomic E-state index is 12.3. The predicted molar refractivity (Wildman–Crippen MR) is 119 cm³/mol. The highest BCUT2D eigenvalue weighted by Crippen LogP contribution is 2.23. The molecule has 0 saturated heterocycles. The number of rotatable bonds is 8. The van der Waals surface area contributed by atoms with Crippen LogP contribution in [0.15, 0.2) is 65.7 Å². The van der Waals surface area contributed by atoms with E-state index in [9.17, 15) is 4.79 Å². The Bertz CT molecular complexity index is 1130. The van der Waals surface area contributed by atoms with E-state index in [4.69, 9.17) is 0 Å². The van der Waals surface area contributed by atoms with Gasteiger partial charge in [0.15, 0.2) is 5.16 Å². The average Bonchev–Trinajstić information content (AvgIpc) is 3.46. The van der Waals surface area contributed by atoms with Crippen LogP contribution in [-0.4, -0.2) is 36.4 Å². The fraction of sp³-hybridized carbons (Fsp3) is 0.190. The second-order valence-corrected chi connectivity index (χ2v) is 8.28. The SMILES string of the molecule is CCc1ccccc1-n1cnnc1SCC(=O)NCc1nc(-c2ccncc2)cs1. The van der Waals surface area contributed by atoms with Crippen molar-refractivity contribution in [2.24, 2.45) is 0 Å². The highest BCUT2D eigenvalue weighted by molar-refractivity contribution is 7.99. The van der Waals surface area contributed by atoms with Crippen LogP contribution in [0.5, 0.6) is 0 Å². The molecule has 0 spiro atoms. The summed E-state index contributed by atoms with van der Waals surface area (Å²) in [6.07, 6.45) is 6.08. The number of para-hydroxylation sites is 1. The number of hydrogen-bond acceptors (Lipinski definition) is 7. The van der Waals surface area contributed by atoms with E-state index in [0.29, 0.717) is 11.7 Å². The molecule has 0 aliphatic heterocycles. The third-order valence-electron chi connectivity index (χ3n) is 4.45. The molecule has 0 bridgehead atoms. The van der Waals surface area contributed by atoms with Crippen LogP contribution in [0.1, 0.15) is 17.5 Å². The molecule has 0 saturated carbocycles. The number of amides is 1. The van der Waals surface area contributed by atoms with Crippen LogP contribution in [0.4, 0.5) is 0 Å². The Morgan fingerprint density at radius 3 is 2.87 bits per heavy atom. The molecule has 7 nitrogen and oxygen atoms in total. The second kappa shape index (κ2) is 9.64. The van der Waals surface area contributed by atoms with Gasteiger partial charge in [-0.3, -0.25) is 14.3 Å². The number of thioether (sulfide) groups is 1. The molecule has 0 aliphatic carbocycles. The van der Waals surface area contributed by atoms with Gasteiger partial charge in [-0.1, -0.05) is 36.9 Å².